The number of hydrogen-bond acceptors (Lipinski definition) is 5. The van der Waals surface area contributed by atoms with Crippen LogP contribution in [-0.4, -0.2) is 61.7 Å². The van der Waals surface area contributed by atoms with Gasteiger partial charge in [0.05, 0.1) is 6.04 Å². The highest BCUT2D eigenvalue weighted by molar-refractivity contribution is 7.98. The Balaban J connectivity index is 1.71. The van der Waals surface area contributed by atoms with Gasteiger partial charge in [0.1, 0.15) is 0 Å². The molecule has 0 spiro atoms. The van der Waals surface area contributed by atoms with Gasteiger partial charge in [-0.05, 0) is 31.0 Å². The first-order valence-corrected chi connectivity index (χ1v) is 9.78. The van der Waals surface area contributed by atoms with Crippen molar-refractivity contribution in [2.24, 2.45) is 0 Å². The van der Waals surface area contributed by atoms with Crippen LogP contribution >= 0.6 is 11.8 Å². The molecule has 0 saturated carbocycles. The number of carbonyl (C=O) groups is 1. The maximum atomic E-state index is 12.6. The van der Waals surface area contributed by atoms with Gasteiger partial charge in [0.15, 0.2) is 10.9 Å². The first-order chi connectivity index (χ1) is 12.2. The normalized spacial score (nSPS) is 17.4. The van der Waals surface area contributed by atoms with Crippen LogP contribution in [0.15, 0.2) is 52.0 Å². The van der Waals surface area contributed by atoms with E-state index in [2.05, 4.69) is 34.3 Å². The number of benzene rings is 1. The van der Waals surface area contributed by atoms with Gasteiger partial charge in [0.25, 0.3) is 5.91 Å². The van der Waals surface area contributed by atoms with Crippen molar-refractivity contribution in [1.82, 2.24) is 15.1 Å². The molecule has 0 bridgehead atoms. The predicted molar refractivity (Wildman–Crippen MR) is 101 cm³/mol. The fourth-order valence-corrected chi connectivity index (χ4v) is 3.37. The Morgan fingerprint density at radius 3 is 2.52 bits per heavy atom. The zero-order valence-electron chi connectivity index (χ0n) is 14.8. The highest BCUT2D eigenvalue weighted by Crippen LogP contribution is 2.20. The average molecular weight is 359 g/mol. The molecule has 3 rings (SSSR count). The largest absolute Gasteiger partial charge is 0.445 e. The minimum absolute atomic E-state index is 0.0556. The molecule has 0 aliphatic carbocycles. The molecule has 5 nitrogen and oxygen atoms in total. The Kier molecular flexibility index (Phi) is 6.18. The molecule has 1 fully saturated rings. The summed E-state index contributed by atoms with van der Waals surface area (Å²) in [5.74, 6) is 0.201. The van der Waals surface area contributed by atoms with Crippen LogP contribution in [0.25, 0.3) is 0 Å². The quantitative estimate of drug-likeness (QED) is 0.804. The first-order valence-electron chi connectivity index (χ1n) is 8.56. The molecule has 1 amide bonds. The lowest BCUT2D eigenvalue weighted by atomic mass is 10.1. The Bertz CT molecular complexity index is 681. The van der Waals surface area contributed by atoms with Gasteiger partial charge < -0.3 is 14.6 Å². The summed E-state index contributed by atoms with van der Waals surface area (Å²) in [6.07, 6.45) is 1.93. The molecule has 1 aliphatic rings. The summed E-state index contributed by atoms with van der Waals surface area (Å²) in [5.41, 5.74) is 1.12. The van der Waals surface area contributed by atoms with E-state index in [1.807, 2.05) is 30.5 Å². The molecule has 1 aromatic heterocycles. The number of thioether (sulfide) groups is 1. The molecule has 25 heavy (non-hydrogen) atoms. The van der Waals surface area contributed by atoms with E-state index in [1.165, 1.54) is 11.8 Å². The molecule has 1 atom stereocenters. The second kappa shape index (κ2) is 8.56. The monoisotopic (exact) mass is 359 g/mol. The van der Waals surface area contributed by atoms with Crippen molar-refractivity contribution in [3.63, 3.8) is 0 Å². The third-order valence-corrected chi connectivity index (χ3v) is 5.17. The number of piperazine rings is 1. The van der Waals surface area contributed by atoms with Crippen molar-refractivity contribution in [1.29, 1.82) is 0 Å². The second-order valence-electron chi connectivity index (χ2n) is 6.36. The van der Waals surface area contributed by atoms with Crippen LogP contribution in [0.3, 0.4) is 0 Å². The number of amides is 1. The van der Waals surface area contributed by atoms with Gasteiger partial charge >= 0.3 is 0 Å². The summed E-state index contributed by atoms with van der Waals surface area (Å²) in [6.45, 7) is 4.97. The van der Waals surface area contributed by atoms with Crippen molar-refractivity contribution in [3.05, 3.63) is 53.8 Å². The SMILES string of the molecule is CSc1ccc(C(=O)NC(CN2CCN(C)CC2)c2ccccc2)o1. The minimum Gasteiger partial charge on any atom is -0.445 e. The van der Waals surface area contributed by atoms with Gasteiger partial charge in [-0.15, -0.1) is 0 Å². The van der Waals surface area contributed by atoms with Gasteiger partial charge in [-0.2, -0.15) is 0 Å². The Hall–Kier alpha value is -1.76. The van der Waals surface area contributed by atoms with E-state index in [4.69, 9.17) is 4.42 Å². The Morgan fingerprint density at radius 1 is 1.16 bits per heavy atom. The molecular formula is C19H25N3O2S. The van der Waals surface area contributed by atoms with E-state index in [9.17, 15) is 4.79 Å². The fourth-order valence-electron chi connectivity index (χ4n) is 2.99. The van der Waals surface area contributed by atoms with Gasteiger partial charge in [-0.25, -0.2) is 0 Å². The van der Waals surface area contributed by atoms with Crippen LogP contribution in [0.5, 0.6) is 0 Å². The van der Waals surface area contributed by atoms with E-state index in [0.29, 0.717) is 5.76 Å². The number of hydrogen-bond donors (Lipinski definition) is 1. The van der Waals surface area contributed by atoms with Gasteiger partial charge in [-0.3, -0.25) is 9.69 Å². The number of carbonyl (C=O) groups excluding carboxylic acids is 1. The molecule has 2 aromatic rings. The Labute approximate surface area is 153 Å². The van der Waals surface area contributed by atoms with E-state index in [-0.39, 0.29) is 11.9 Å². The standard InChI is InChI=1S/C19H25N3O2S/c1-21-10-12-22(13-11-21)14-16(15-6-4-3-5-7-15)20-19(23)17-8-9-18(24-17)25-2/h3-9,16H,10-14H2,1-2H3,(H,20,23). The molecule has 1 aliphatic heterocycles. The number of rotatable bonds is 6. The summed E-state index contributed by atoms with van der Waals surface area (Å²) in [6, 6.07) is 13.7. The smallest absolute Gasteiger partial charge is 0.287 e. The number of nitrogens with zero attached hydrogens (tertiary/aromatic N) is 2. The number of nitrogens with one attached hydrogen (secondary N) is 1. The average Bonchev–Trinajstić information content (AvgIpc) is 3.13. The highest BCUT2D eigenvalue weighted by atomic mass is 32.2. The van der Waals surface area contributed by atoms with Gasteiger partial charge in [-0.1, -0.05) is 42.1 Å². The summed E-state index contributed by atoms with van der Waals surface area (Å²) in [5, 5.41) is 3.90. The Morgan fingerprint density at radius 2 is 1.88 bits per heavy atom. The lowest BCUT2D eigenvalue weighted by Crippen LogP contribution is -2.47. The second-order valence-corrected chi connectivity index (χ2v) is 7.17. The molecular weight excluding hydrogens is 334 g/mol. The van der Waals surface area contributed by atoms with E-state index < -0.39 is 0 Å². The maximum absolute atomic E-state index is 12.6. The summed E-state index contributed by atoms with van der Waals surface area (Å²) < 4.78 is 5.57. The molecule has 1 unspecified atom stereocenters. The summed E-state index contributed by atoms with van der Waals surface area (Å²) in [4.78, 5) is 17.4. The van der Waals surface area contributed by atoms with Crippen LogP contribution in [0.1, 0.15) is 22.2 Å². The maximum Gasteiger partial charge on any atom is 0.287 e. The molecule has 0 radical (unpaired) electrons. The van der Waals surface area contributed by atoms with Crippen molar-refractivity contribution in [3.8, 4) is 0 Å². The molecule has 1 N–H and O–H groups in total. The molecule has 134 valence electrons. The summed E-state index contributed by atoms with van der Waals surface area (Å²) in [7, 11) is 2.15. The number of furan rings is 1. The topological polar surface area (TPSA) is 48.7 Å². The fraction of sp³-hybridized carbons (Fsp3) is 0.421. The molecule has 2 heterocycles. The van der Waals surface area contributed by atoms with Crippen LogP contribution < -0.4 is 5.32 Å². The zero-order chi connectivity index (χ0) is 17.6. The number of likely N-dealkylation sites (N-methyl/N-ethyl adjacent to an activating group) is 1. The lowest BCUT2D eigenvalue weighted by molar-refractivity contribution is 0.0875. The molecule has 1 aromatic carbocycles. The third-order valence-electron chi connectivity index (χ3n) is 4.55. The predicted octanol–water partition coefficient (Wildman–Crippen LogP) is 2.72. The van der Waals surface area contributed by atoms with Gasteiger partial charge in [0, 0.05) is 32.7 Å². The van der Waals surface area contributed by atoms with E-state index >= 15 is 0 Å². The van der Waals surface area contributed by atoms with Crippen molar-refractivity contribution in [2.75, 3.05) is 46.0 Å². The molecule has 6 heteroatoms. The highest BCUT2D eigenvalue weighted by Gasteiger charge is 2.22. The van der Waals surface area contributed by atoms with Crippen molar-refractivity contribution in [2.45, 2.75) is 11.1 Å². The van der Waals surface area contributed by atoms with Crippen LogP contribution in [0.4, 0.5) is 0 Å². The van der Waals surface area contributed by atoms with E-state index in [1.54, 1.807) is 6.07 Å². The minimum atomic E-state index is -0.164. The molecule has 1 saturated heterocycles. The first kappa shape index (κ1) is 18.0. The van der Waals surface area contributed by atoms with Gasteiger partial charge in [0.2, 0.25) is 0 Å². The zero-order valence-corrected chi connectivity index (χ0v) is 15.6. The lowest BCUT2D eigenvalue weighted by Gasteiger charge is -2.34. The van der Waals surface area contributed by atoms with Crippen LogP contribution in [0, 0.1) is 0 Å². The third kappa shape index (κ3) is 4.87. The van der Waals surface area contributed by atoms with Crippen molar-refractivity contribution >= 4 is 17.7 Å². The van der Waals surface area contributed by atoms with E-state index in [0.717, 1.165) is 43.4 Å². The van der Waals surface area contributed by atoms with Crippen molar-refractivity contribution < 1.29 is 9.21 Å². The van der Waals surface area contributed by atoms with Crippen LogP contribution in [-0.2, 0) is 0 Å². The van der Waals surface area contributed by atoms with Crippen LogP contribution in [0.2, 0.25) is 0 Å². The summed E-state index contributed by atoms with van der Waals surface area (Å²) >= 11 is 1.49.